The van der Waals surface area contributed by atoms with E-state index >= 15 is 0 Å². The summed E-state index contributed by atoms with van der Waals surface area (Å²) < 4.78 is 4.56. The molecule has 0 spiro atoms. The molecule has 16 heavy (non-hydrogen) atoms. The summed E-state index contributed by atoms with van der Waals surface area (Å²) in [6.07, 6.45) is 4.88. The van der Waals surface area contributed by atoms with Crippen molar-refractivity contribution in [1.82, 2.24) is 0 Å². The van der Waals surface area contributed by atoms with Crippen molar-refractivity contribution in [3.63, 3.8) is 0 Å². The van der Waals surface area contributed by atoms with Crippen molar-refractivity contribution in [2.75, 3.05) is 6.61 Å². The number of hydrogen-bond donors (Lipinski definition) is 0. The van der Waals surface area contributed by atoms with E-state index in [2.05, 4.69) is 11.3 Å². The molecule has 1 rings (SSSR count). The highest BCUT2D eigenvalue weighted by Crippen LogP contribution is 1.97. The lowest BCUT2D eigenvalue weighted by atomic mass is 10.2. The molecule has 2 nitrogen and oxygen atoms in total. The second kappa shape index (κ2) is 9.71. The Hall–Kier alpha value is -1.83. The van der Waals surface area contributed by atoms with Crippen molar-refractivity contribution < 1.29 is 9.53 Å². The Bertz CT molecular complexity index is 326. The van der Waals surface area contributed by atoms with Crippen molar-refractivity contribution in [3.8, 4) is 0 Å². The van der Waals surface area contributed by atoms with E-state index in [-0.39, 0.29) is 5.97 Å². The second-order valence-corrected chi connectivity index (χ2v) is 2.87. The lowest BCUT2D eigenvalue weighted by Crippen LogP contribution is -1.98. The first kappa shape index (κ1) is 14.2. The predicted octanol–water partition coefficient (Wildman–Crippen LogP) is 3.46. The van der Waals surface area contributed by atoms with Crippen LogP contribution in [0.15, 0.2) is 49.1 Å². The van der Waals surface area contributed by atoms with E-state index in [0.717, 1.165) is 0 Å². The number of esters is 1. The van der Waals surface area contributed by atoms with Gasteiger partial charge in [0.2, 0.25) is 0 Å². The van der Waals surface area contributed by atoms with Crippen LogP contribution in [0.1, 0.15) is 19.4 Å². The summed E-state index contributed by atoms with van der Waals surface area (Å²) in [7, 11) is 0. The van der Waals surface area contributed by atoms with E-state index in [1.165, 1.54) is 11.6 Å². The Morgan fingerprint density at radius 2 is 2.00 bits per heavy atom. The topological polar surface area (TPSA) is 26.3 Å². The summed E-state index contributed by atoms with van der Waals surface area (Å²) in [4.78, 5) is 10.3. The number of allylic oxidation sites excluding steroid dienone is 1. The summed E-state index contributed by atoms with van der Waals surface area (Å²) in [6, 6.07) is 10.0. The third kappa shape index (κ3) is 7.56. The largest absolute Gasteiger partial charge is 0.463 e. The first-order valence-corrected chi connectivity index (χ1v) is 5.21. The highest BCUT2D eigenvalue weighted by Gasteiger charge is 1.88. The Morgan fingerprint density at radius 3 is 2.38 bits per heavy atom. The van der Waals surface area contributed by atoms with Gasteiger partial charge in [0.1, 0.15) is 0 Å². The number of hydrogen-bond acceptors (Lipinski definition) is 2. The fourth-order valence-electron chi connectivity index (χ4n) is 0.916. The smallest absolute Gasteiger partial charge is 0.330 e. The van der Waals surface area contributed by atoms with Crippen LogP contribution in [0.2, 0.25) is 0 Å². The average molecular weight is 218 g/mol. The number of benzene rings is 1. The molecule has 1 aromatic carbocycles. The fraction of sp³-hybridized carbons (Fsp3) is 0.214. The van der Waals surface area contributed by atoms with Crippen LogP contribution in [0.3, 0.4) is 0 Å². The van der Waals surface area contributed by atoms with Crippen molar-refractivity contribution in [2.24, 2.45) is 0 Å². The van der Waals surface area contributed by atoms with Gasteiger partial charge in [0.05, 0.1) is 6.61 Å². The summed E-state index contributed by atoms with van der Waals surface area (Å²) >= 11 is 0. The van der Waals surface area contributed by atoms with Gasteiger partial charge >= 0.3 is 5.97 Å². The fourth-order valence-corrected chi connectivity index (χ4v) is 0.916. The first-order valence-electron chi connectivity index (χ1n) is 5.21. The maximum Gasteiger partial charge on any atom is 0.330 e. The number of carbonyl (C=O) groups excluding carboxylic acids is 1. The highest BCUT2D eigenvalue weighted by atomic mass is 16.5. The van der Waals surface area contributed by atoms with E-state index in [1.54, 1.807) is 19.9 Å². The molecule has 0 aliphatic carbocycles. The van der Waals surface area contributed by atoms with E-state index in [1.807, 2.05) is 36.4 Å². The molecular weight excluding hydrogens is 200 g/mol. The monoisotopic (exact) mass is 218 g/mol. The third-order valence-corrected chi connectivity index (χ3v) is 1.62. The van der Waals surface area contributed by atoms with Crippen molar-refractivity contribution in [1.29, 1.82) is 0 Å². The Labute approximate surface area is 97.3 Å². The third-order valence-electron chi connectivity index (χ3n) is 1.62. The minimum absolute atomic E-state index is 0.269. The van der Waals surface area contributed by atoms with Crippen molar-refractivity contribution in [2.45, 2.75) is 13.8 Å². The molecule has 0 N–H and O–H groups in total. The quantitative estimate of drug-likeness (QED) is 0.573. The Morgan fingerprint density at radius 1 is 1.38 bits per heavy atom. The van der Waals surface area contributed by atoms with Crippen molar-refractivity contribution in [3.05, 3.63) is 54.6 Å². The van der Waals surface area contributed by atoms with Crippen LogP contribution in [-0.4, -0.2) is 12.6 Å². The molecule has 0 atom stereocenters. The van der Waals surface area contributed by atoms with E-state index in [9.17, 15) is 4.79 Å². The minimum Gasteiger partial charge on any atom is -0.463 e. The molecule has 0 saturated heterocycles. The van der Waals surface area contributed by atoms with Gasteiger partial charge in [-0.05, 0) is 19.4 Å². The molecule has 0 saturated carbocycles. The molecule has 1 aromatic rings. The molecule has 0 fully saturated rings. The summed E-state index contributed by atoms with van der Waals surface area (Å²) in [5.41, 5.74) is 1.17. The van der Waals surface area contributed by atoms with Gasteiger partial charge in [-0.15, -0.1) is 0 Å². The van der Waals surface area contributed by atoms with Gasteiger partial charge in [0, 0.05) is 6.08 Å². The maximum atomic E-state index is 10.3. The Balaban J connectivity index is 0.000000281. The molecule has 0 aliphatic rings. The zero-order valence-corrected chi connectivity index (χ0v) is 9.85. The van der Waals surface area contributed by atoms with Crippen LogP contribution in [0.5, 0.6) is 0 Å². The van der Waals surface area contributed by atoms with Crippen LogP contribution < -0.4 is 0 Å². The van der Waals surface area contributed by atoms with Gasteiger partial charge in [-0.1, -0.05) is 49.1 Å². The SMILES string of the molecule is C/C=C/C(=O)OCC.C=Cc1ccccc1. The second-order valence-electron chi connectivity index (χ2n) is 2.87. The Kier molecular flexibility index (Phi) is 8.60. The molecular formula is C14H18O2. The van der Waals surface area contributed by atoms with Crippen LogP contribution in [0.4, 0.5) is 0 Å². The zero-order chi connectivity index (χ0) is 12.2. The van der Waals surface area contributed by atoms with E-state index < -0.39 is 0 Å². The molecule has 0 radical (unpaired) electrons. The van der Waals surface area contributed by atoms with E-state index in [4.69, 9.17) is 0 Å². The minimum atomic E-state index is -0.269. The molecule has 0 aromatic heterocycles. The lowest BCUT2D eigenvalue weighted by Gasteiger charge is -1.91. The maximum absolute atomic E-state index is 10.3. The molecule has 0 unspecified atom stereocenters. The number of ether oxygens (including phenoxy) is 1. The standard InChI is InChI=1S/C8H8.C6H10O2/c1-2-8-6-4-3-5-7-8;1-3-5-6(7)8-4-2/h2-7H,1H2;3,5H,4H2,1-2H3/b;5-3+. The predicted molar refractivity (Wildman–Crippen MR) is 68.0 cm³/mol. The molecule has 0 aliphatic heterocycles. The van der Waals surface area contributed by atoms with Gasteiger partial charge in [-0.3, -0.25) is 0 Å². The van der Waals surface area contributed by atoms with Crippen LogP contribution in [0, 0.1) is 0 Å². The number of rotatable bonds is 3. The summed E-state index contributed by atoms with van der Waals surface area (Å²) in [6.45, 7) is 7.63. The number of carbonyl (C=O) groups is 1. The molecule has 0 amide bonds. The lowest BCUT2D eigenvalue weighted by molar-refractivity contribution is -0.137. The van der Waals surface area contributed by atoms with E-state index in [0.29, 0.717) is 6.61 Å². The van der Waals surface area contributed by atoms with Gasteiger partial charge in [0.15, 0.2) is 0 Å². The summed E-state index contributed by atoms with van der Waals surface area (Å²) in [5, 5.41) is 0. The van der Waals surface area contributed by atoms with Gasteiger partial charge < -0.3 is 4.74 Å². The van der Waals surface area contributed by atoms with Crippen LogP contribution >= 0.6 is 0 Å². The normalized spacial score (nSPS) is 9.12. The zero-order valence-electron chi connectivity index (χ0n) is 9.85. The highest BCUT2D eigenvalue weighted by molar-refractivity contribution is 5.81. The van der Waals surface area contributed by atoms with Gasteiger partial charge in [0.25, 0.3) is 0 Å². The summed E-state index contributed by atoms with van der Waals surface area (Å²) in [5.74, 6) is -0.269. The van der Waals surface area contributed by atoms with Crippen LogP contribution in [-0.2, 0) is 9.53 Å². The average Bonchev–Trinajstić information content (AvgIpc) is 2.32. The first-order chi connectivity index (χ1) is 7.74. The molecule has 0 bridgehead atoms. The van der Waals surface area contributed by atoms with Crippen LogP contribution in [0.25, 0.3) is 6.08 Å². The van der Waals surface area contributed by atoms with Gasteiger partial charge in [-0.25, -0.2) is 4.79 Å². The van der Waals surface area contributed by atoms with Gasteiger partial charge in [-0.2, -0.15) is 0 Å². The van der Waals surface area contributed by atoms with Crippen molar-refractivity contribution >= 4 is 12.0 Å². The molecule has 86 valence electrons. The molecule has 0 heterocycles. The molecule has 2 heteroatoms.